The minimum absolute atomic E-state index is 0.0741. The molecule has 31 heavy (non-hydrogen) atoms. The maximum Gasteiger partial charge on any atom is 0.227 e. The van der Waals surface area contributed by atoms with E-state index in [1.165, 1.54) is 5.56 Å². The van der Waals surface area contributed by atoms with Crippen molar-refractivity contribution < 1.29 is 4.79 Å². The van der Waals surface area contributed by atoms with Gasteiger partial charge < -0.3 is 5.32 Å². The Kier molecular flexibility index (Phi) is 6.63. The van der Waals surface area contributed by atoms with Gasteiger partial charge in [-0.25, -0.2) is 4.68 Å². The largest absolute Gasteiger partial charge is 0.326 e. The average molecular weight is 415 g/mol. The molecule has 0 aliphatic carbocycles. The molecule has 0 spiro atoms. The average Bonchev–Trinajstić information content (AvgIpc) is 3.13. The van der Waals surface area contributed by atoms with Gasteiger partial charge in [-0.2, -0.15) is 5.10 Å². The fourth-order valence-corrected chi connectivity index (χ4v) is 4.10. The molecule has 1 saturated heterocycles. The number of aryl methyl sites for hydroxylation is 2. The number of piperidine rings is 1. The number of hydrogen-bond acceptors (Lipinski definition) is 3. The molecule has 5 heteroatoms. The maximum absolute atomic E-state index is 12.7. The number of carbonyl (C=O) groups is 1. The van der Waals surface area contributed by atoms with Crippen LogP contribution in [0.5, 0.6) is 0 Å². The predicted octanol–water partition coefficient (Wildman–Crippen LogP) is 4.85. The number of benzene rings is 2. The van der Waals surface area contributed by atoms with Crippen LogP contribution in [0.25, 0.3) is 11.8 Å². The highest BCUT2D eigenvalue weighted by molar-refractivity contribution is 5.92. The Morgan fingerprint density at radius 2 is 1.77 bits per heavy atom. The van der Waals surface area contributed by atoms with Crippen molar-refractivity contribution in [3.05, 3.63) is 83.7 Å². The summed E-state index contributed by atoms with van der Waals surface area (Å²) in [6.07, 6.45) is 6.16. The molecule has 0 unspecified atom stereocenters. The summed E-state index contributed by atoms with van der Waals surface area (Å²) in [6, 6.07) is 20.3. The second-order valence-electron chi connectivity index (χ2n) is 8.26. The fourth-order valence-electron chi connectivity index (χ4n) is 4.10. The van der Waals surface area contributed by atoms with Gasteiger partial charge in [0.15, 0.2) is 0 Å². The molecule has 1 amide bonds. The maximum atomic E-state index is 12.7. The lowest BCUT2D eigenvalue weighted by atomic mass is 9.95. The topological polar surface area (TPSA) is 50.2 Å². The van der Waals surface area contributed by atoms with Gasteiger partial charge in [-0.15, -0.1) is 0 Å². The van der Waals surface area contributed by atoms with E-state index in [-0.39, 0.29) is 11.8 Å². The standard InChI is InChI=1S/C26H30N4O/c1-20-19-21(2)30(28-20)25-12-10-24(11-13-25)27-26(31)23-14-17-29(18-15-23)16-6-9-22-7-4-3-5-8-22/h3-13,19,23H,14-18H2,1-2H3,(H,27,31). The van der Waals surface area contributed by atoms with E-state index < -0.39 is 0 Å². The molecule has 0 radical (unpaired) electrons. The van der Waals surface area contributed by atoms with Gasteiger partial charge in [0.25, 0.3) is 0 Å². The van der Waals surface area contributed by atoms with Crippen LogP contribution in [0.4, 0.5) is 5.69 Å². The first-order valence-corrected chi connectivity index (χ1v) is 11.0. The van der Waals surface area contributed by atoms with E-state index in [9.17, 15) is 4.79 Å². The van der Waals surface area contributed by atoms with Gasteiger partial charge in [0.05, 0.1) is 11.4 Å². The number of carbonyl (C=O) groups excluding carboxylic acids is 1. The first kappa shape index (κ1) is 21.1. The van der Waals surface area contributed by atoms with Crippen LogP contribution in [0.15, 0.2) is 66.7 Å². The van der Waals surface area contributed by atoms with E-state index in [1.807, 2.05) is 48.9 Å². The van der Waals surface area contributed by atoms with Gasteiger partial charge in [-0.1, -0.05) is 42.5 Å². The molecule has 0 atom stereocenters. The number of nitrogens with zero attached hydrogens (tertiary/aromatic N) is 3. The summed E-state index contributed by atoms with van der Waals surface area (Å²) in [5.74, 6) is 0.198. The lowest BCUT2D eigenvalue weighted by molar-refractivity contribution is -0.121. The van der Waals surface area contributed by atoms with Crippen LogP contribution in [0.2, 0.25) is 0 Å². The summed E-state index contributed by atoms with van der Waals surface area (Å²) in [4.78, 5) is 15.1. The molecular formula is C26H30N4O. The van der Waals surface area contributed by atoms with E-state index in [0.29, 0.717) is 0 Å². The Bertz CT molecular complexity index is 1030. The quantitative estimate of drug-likeness (QED) is 0.627. The zero-order chi connectivity index (χ0) is 21.6. The van der Waals surface area contributed by atoms with Gasteiger partial charge in [0.2, 0.25) is 5.91 Å². The highest BCUT2D eigenvalue weighted by Crippen LogP contribution is 2.21. The molecule has 2 heterocycles. The van der Waals surface area contributed by atoms with Gasteiger partial charge in [0, 0.05) is 23.8 Å². The van der Waals surface area contributed by atoms with E-state index in [1.54, 1.807) is 0 Å². The molecule has 5 nitrogen and oxygen atoms in total. The Morgan fingerprint density at radius 1 is 1.06 bits per heavy atom. The highest BCUT2D eigenvalue weighted by Gasteiger charge is 2.24. The zero-order valence-electron chi connectivity index (χ0n) is 18.3. The third-order valence-corrected chi connectivity index (χ3v) is 5.82. The van der Waals surface area contributed by atoms with Crippen molar-refractivity contribution in [1.82, 2.24) is 14.7 Å². The Labute approximate surface area is 184 Å². The van der Waals surface area contributed by atoms with E-state index in [0.717, 1.165) is 55.2 Å². The monoisotopic (exact) mass is 414 g/mol. The van der Waals surface area contributed by atoms with Gasteiger partial charge in [-0.05, 0) is 75.7 Å². The van der Waals surface area contributed by atoms with Crippen molar-refractivity contribution >= 4 is 17.7 Å². The molecule has 4 rings (SSSR count). The van der Waals surface area contributed by atoms with E-state index in [4.69, 9.17) is 0 Å². The summed E-state index contributed by atoms with van der Waals surface area (Å²) in [7, 11) is 0. The molecule has 3 aromatic rings. The molecule has 160 valence electrons. The van der Waals surface area contributed by atoms with Crippen LogP contribution in [-0.4, -0.2) is 40.2 Å². The summed E-state index contributed by atoms with van der Waals surface area (Å²) in [5, 5.41) is 7.60. The SMILES string of the molecule is Cc1cc(C)n(-c2ccc(NC(=O)C3CCN(CC=Cc4ccccc4)CC3)cc2)n1. The molecule has 0 bridgehead atoms. The number of nitrogens with one attached hydrogen (secondary N) is 1. The van der Waals surface area contributed by atoms with Crippen molar-refractivity contribution in [3.63, 3.8) is 0 Å². The van der Waals surface area contributed by atoms with Gasteiger partial charge >= 0.3 is 0 Å². The van der Waals surface area contributed by atoms with Crippen molar-refractivity contribution in [3.8, 4) is 5.69 Å². The van der Waals surface area contributed by atoms with E-state index >= 15 is 0 Å². The minimum Gasteiger partial charge on any atom is -0.326 e. The lowest BCUT2D eigenvalue weighted by Crippen LogP contribution is -2.38. The third-order valence-electron chi connectivity index (χ3n) is 5.82. The first-order chi connectivity index (χ1) is 15.1. The molecule has 1 N–H and O–H groups in total. The predicted molar refractivity (Wildman–Crippen MR) is 126 cm³/mol. The molecule has 1 aliphatic rings. The van der Waals surface area contributed by atoms with Crippen LogP contribution in [0.3, 0.4) is 0 Å². The Morgan fingerprint density at radius 3 is 2.42 bits per heavy atom. The van der Waals surface area contributed by atoms with Crippen LogP contribution in [-0.2, 0) is 4.79 Å². The van der Waals surface area contributed by atoms with Crippen LogP contribution in [0, 0.1) is 19.8 Å². The van der Waals surface area contributed by atoms with E-state index in [2.05, 4.69) is 57.8 Å². The van der Waals surface area contributed by atoms with Crippen molar-refractivity contribution in [1.29, 1.82) is 0 Å². The molecule has 2 aromatic carbocycles. The number of aromatic nitrogens is 2. The second-order valence-corrected chi connectivity index (χ2v) is 8.26. The number of hydrogen-bond donors (Lipinski definition) is 1. The van der Waals surface area contributed by atoms with Gasteiger partial charge in [-0.3, -0.25) is 9.69 Å². The zero-order valence-corrected chi connectivity index (χ0v) is 18.3. The number of anilines is 1. The minimum atomic E-state index is 0.0741. The number of likely N-dealkylation sites (tertiary alicyclic amines) is 1. The van der Waals surface area contributed by atoms with Gasteiger partial charge in [0.1, 0.15) is 0 Å². The van der Waals surface area contributed by atoms with Crippen molar-refractivity contribution in [2.45, 2.75) is 26.7 Å². The second kappa shape index (κ2) is 9.75. The highest BCUT2D eigenvalue weighted by atomic mass is 16.1. The van der Waals surface area contributed by atoms with Crippen LogP contribution < -0.4 is 5.32 Å². The normalized spacial score (nSPS) is 15.4. The molecule has 1 fully saturated rings. The first-order valence-electron chi connectivity index (χ1n) is 11.0. The molecular weight excluding hydrogens is 384 g/mol. The molecule has 0 saturated carbocycles. The molecule has 1 aliphatic heterocycles. The molecule has 1 aromatic heterocycles. The van der Waals surface area contributed by atoms with Crippen LogP contribution >= 0.6 is 0 Å². The third kappa shape index (κ3) is 5.50. The summed E-state index contributed by atoms with van der Waals surface area (Å²) in [5.41, 5.74) is 5.15. The lowest BCUT2D eigenvalue weighted by Gasteiger charge is -2.30. The smallest absolute Gasteiger partial charge is 0.227 e. The number of amides is 1. The fraction of sp³-hybridized carbons (Fsp3) is 0.308. The summed E-state index contributed by atoms with van der Waals surface area (Å²) >= 11 is 0. The summed E-state index contributed by atoms with van der Waals surface area (Å²) in [6.45, 7) is 6.86. The summed E-state index contributed by atoms with van der Waals surface area (Å²) < 4.78 is 1.92. The number of rotatable bonds is 6. The Balaban J connectivity index is 1.25. The van der Waals surface area contributed by atoms with Crippen molar-refractivity contribution in [2.24, 2.45) is 5.92 Å². The van der Waals surface area contributed by atoms with Crippen molar-refractivity contribution in [2.75, 3.05) is 25.0 Å². The van der Waals surface area contributed by atoms with Crippen LogP contribution in [0.1, 0.15) is 29.8 Å². The Hall–Kier alpha value is -3.18.